The van der Waals surface area contributed by atoms with Gasteiger partial charge in [-0.1, -0.05) is 42.0 Å². The number of carbonyl (C=O) groups excluding carboxylic acids is 1. The minimum absolute atomic E-state index is 0.490. The zero-order valence-corrected chi connectivity index (χ0v) is 14.2. The van der Waals surface area contributed by atoms with Gasteiger partial charge in [-0.2, -0.15) is 9.78 Å². The van der Waals surface area contributed by atoms with Crippen LogP contribution in [0.2, 0.25) is 0 Å². The predicted molar refractivity (Wildman–Crippen MR) is 97.2 cm³/mol. The van der Waals surface area contributed by atoms with Crippen LogP contribution < -0.4 is 10.1 Å². The molecule has 0 saturated carbocycles. The fraction of sp³-hybridized carbons (Fsp3) is 0.111. The standard InChI is InChI=1S/C18H18ClN3O2/c1-3-4-5-8-15(12-19)22-18(11-14(2)21-22)24-17-10-7-6-9-16(17)20-13-23/h3-13H,1-2H3,(H,20,23)/b4-3-,8-5-,15-12-. The molecular weight excluding hydrogens is 326 g/mol. The lowest BCUT2D eigenvalue weighted by Gasteiger charge is -2.11. The normalized spacial score (nSPS) is 12.0. The van der Waals surface area contributed by atoms with Crippen molar-refractivity contribution in [1.82, 2.24) is 9.78 Å². The van der Waals surface area contributed by atoms with Crippen molar-refractivity contribution in [2.75, 3.05) is 5.32 Å². The number of ether oxygens (including phenoxy) is 1. The number of benzene rings is 1. The topological polar surface area (TPSA) is 56.1 Å². The molecule has 0 aliphatic heterocycles. The molecule has 6 heteroatoms. The first-order chi connectivity index (χ1) is 11.7. The van der Waals surface area contributed by atoms with Crippen LogP contribution in [-0.2, 0) is 4.79 Å². The number of amides is 1. The Morgan fingerprint density at radius 3 is 2.83 bits per heavy atom. The van der Waals surface area contributed by atoms with E-state index in [0.29, 0.717) is 29.4 Å². The highest BCUT2D eigenvalue weighted by Gasteiger charge is 2.12. The fourth-order valence-corrected chi connectivity index (χ4v) is 2.17. The summed E-state index contributed by atoms with van der Waals surface area (Å²) < 4.78 is 7.53. The quantitative estimate of drug-likeness (QED) is 0.584. The number of anilines is 1. The molecule has 1 aromatic carbocycles. The van der Waals surface area contributed by atoms with Crippen LogP contribution in [0.4, 0.5) is 5.69 Å². The molecule has 0 saturated heterocycles. The predicted octanol–water partition coefficient (Wildman–Crippen LogP) is 4.72. The van der Waals surface area contributed by atoms with Crippen LogP contribution in [0.3, 0.4) is 0 Å². The molecule has 0 fully saturated rings. The molecular formula is C18H18ClN3O2. The first kappa shape index (κ1) is 17.6. The fourth-order valence-electron chi connectivity index (χ4n) is 2.00. The molecule has 0 aliphatic rings. The molecule has 0 aliphatic carbocycles. The second-order valence-corrected chi connectivity index (χ2v) is 5.03. The lowest BCUT2D eigenvalue weighted by Crippen LogP contribution is -2.02. The number of aryl methyl sites for hydroxylation is 1. The van der Waals surface area contributed by atoms with Gasteiger partial charge in [0.1, 0.15) is 0 Å². The van der Waals surface area contributed by atoms with Gasteiger partial charge in [0.25, 0.3) is 0 Å². The highest BCUT2D eigenvalue weighted by atomic mass is 35.5. The lowest BCUT2D eigenvalue weighted by molar-refractivity contribution is -0.105. The average molecular weight is 344 g/mol. The summed E-state index contributed by atoms with van der Waals surface area (Å²) in [4.78, 5) is 10.7. The Kier molecular flexibility index (Phi) is 6.40. The highest BCUT2D eigenvalue weighted by Crippen LogP contribution is 2.31. The lowest BCUT2D eigenvalue weighted by atomic mass is 10.3. The molecule has 0 spiro atoms. The molecule has 0 radical (unpaired) electrons. The Labute approximate surface area is 145 Å². The molecule has 0 bridgehead atoms. The summed E-state index contributed by atoms with van der Waals surface area (Å²) in [6.07, 6.45) is 8.09. The van der Waals surface area contributed by atoms with Crippen molar-refractivity contribution in [3.05, 3.63) is 65.9 Å². The minimum atomic E-state index is 0.490. The van der Waals surface area contributed by atoms with E-state index < -0.39 is 0 Å². The zero-order valence-electron chi connectivity index (χ0n) is 13.4. The van der Waals surface area contributed by atoms with E-state index in [4.69, 9.17) is 16.3 Å². The van der Waals surface area contributed by atoms with E-state index in [-0.39, 0.29) is 0 Å². The van der Waals surface area contributed by atoms with Crippen molar-refractivity contribution in [2.24, 2.45) is 0 Å². The molecule has 2 rings (SSSR count). The largest absolute Gasteiger partial charge is 0.437 e. The van der Waals surface area contributed by atoms with Crippen molar-refractivity contribution in [2.45, 2.75) is 13.8 Å². The van der Waals surface area contributed by atoms with E-state index in [1.54, 1.807) is 22.9 Å². The number of halogens is 1. The summed E-state index contributed by atoms with van der Waals surface area (Å²) in [6, 6.07) is 8.94. The van der Waals surface area contributed by atoms with E-state index >= 15 is 0 Å². The Balaban J connectivity index is 2.37. The van der Waals surface area contributed by atoms with Crippen LogP contribution in [0.5, 0.6) is 11.6 Å². The van der Waals surface area contributed by atoms with Crippen LogP contribution in [0.1, 0.15) is 12.6 Å². The Bertz CT molecular complexity index is 791. The van der Waals surface area contributed by atoms with Gasteiger partial charge in [-0.3, -0.25) is 4.79 Å². The van der Waals surface area contributed by atoms with Crippen LogP contribution in [-0.4, -0.2) is 16.2 Å². The van der Waals surface area contributed by atoms with Crippen molar-refractivity contribution in [3.63, 3.8) is 0 Å². The van der Waals surface area contributed by atoms with Gasteiger partial charge >= 0.3 is 0 Å². The maximum Gasteiger partial charge on any atom is 0.222 e. The van der Waals surface area contributed by atoms with Crippen LogP contribution >= 0.6 is 11.6 Å². The smallest absolute Gasteiger partial charge is 0.222 e. The second-order valence-electron chi connectivity index (χ2n) is 4.82. The van der Waals surface area contributed by atoms with Crippen LogP contribution in [0.25, 0.3) is 5.70 Å². The average Bonchev–Trinajstić information content (AvgIpc) is 2.94. The molecule has 2 aromatic rings. The number of hydrogen-bond acceptors (Lipinski definition) is 3. The first-order valence-electron chi connectivity index (χ1n) is 7.33. The van der Waals surface area contributed by atoms with Gasteiger partial charge < -0.3 is 10.1 Å². The Hall–Kier alpha value is -2.79. The zero-order chi connectivity index (χ0) is 17.4. The molecule has 24 heavy (non-hydrogen) atoms. The number of carbonyl (C=O) groups is 1. The third-order valence-corrected chi connectivity index (χ3v) is 3.27. The van der Waals surface area contributed by atoms with Gasteiger partial charge in [-0.05, 0) is 32.1 Å². The molecule has 1 aromatic heterocycles. The van der Waals surface area contributed by atoms with Crippen LogP contribution in [0, 0.1) is 6.92 Å². The van der Waals surface area contributed by atoms with Crippen LogP contribution in [0.15, 0.2) is 60.2 Å². The Morgan fingerprint density at radius 2 is 2.12 bits per heavy atom. The summed E-state index contributed by atoms with van der Waals surface area (Å²) in [7, 11) is 0. The highest BCUT2D eigenvalue weighted by molar-refractivity contribution is 6.28. The molecule has 1 N–H and O–H groups in total. The molecule has 0 atom stereocenters. The van der Waals surface area contributed by atoms with Crippen molar-refractivity contribution < 1.29 is 9.53 Å². The summed E-state index contributed by atoms with van der Waals surface area (Å²) in [5.74, 6) is 1.00. The van der Waals surface area contributed by atoms with Crippen molar-refractivity contribution >= 4 is 29.4 Å². The van der Waals surface area contributed by atoms with Gasteiger partial charge in [0.15, 0.2) is 5.75 Å². The van der Waals surface area contributed by atoms with Crippen molar-refractivity contribution in [3.8, 4) is 11.6 Å². The van der Waals surface area contributed by atoms with E-state index in [9.17, 15) is 4.79 Å². The molecule has 5 nitrogen and oxygen atoms in total. The number of hydrogen-bond donors (Lipinski definition) is 1. The number of allylic oxidation sites excluding steroid dienone is 5. The number of nitrogens with one attached hydrogen (secondary N) is 1. The van der Waals surface area contributed by atoms with Gasteiger partial charge in [0, 0.05) is 11.6 Å². The Morgan fingerprint density at radius 1 is 1.33 bits per heavy atom. The maximum absolute atomic E-state index is 10.7. The van der Waals surface area contributed by atoms with Gasteiger partial charge in [-0.15, -0.1) is 0 Å². The number of rotatable bonds is 7. The SMILES string of the molecule is C\C=C/C=C\C(=C\Cl)n1nc(C)cc1Oc1ccccc1NC=O. The summed E-state index contributed by atoms with van der Waals surface area (Å²) in [5.41, 5.74) is 3.42. The van der Waals surface area contributed by atoms with Gasteiger partial charge in [0.05, 0.1) is 17.1 Å². The number of aromatic nitrogens is 2. The first-order valence-corrected chi connectivity index (χ1v) is 7.77. The van der Waals surface area contributed by atoms with E-state index in [0.717, 1.165) is 5.69 Å². The van der Waals surface area contributed by atoms with E-state index in [1.165, 1.54) is 5.54 Å². The maximum atomic E-state index is 10.7. The number of nitrogens with zero attached hydrogens (tertiary/aromatic N) is 2. The van der Waals surface area contributed by atoms with Crippen molar-refractivity contribution in [1.29, 1.82) is 0 Å². The van der Waals surface area contributed by atoms with Gasteiger partial charge in [0.2, 0.25) is 12.3 Å². The molecule has 1 amide bonds. The third kappa shape index (κ3) is 4.36. The molecule has 1 heterocycles. The minimum Gasteiger partial charge on any atom is -0.437 e. The molecule has 0 unspecified atom stereocenters. The van der Waals surface area contributed by atoms with E-state index in [2.05, 4.69) is 10.4 Å². The monoisotopic (exact) mass is 343 g/mol. The summed E-state index contributed by atoms with van der Waals surface area (Å²) in [5, 5.41) is 7.01. The summed E-state index contributed by atoms with van der Waals surface area (Å²) >= 11 is 5.93. The van der Waals surface area contributed by atoms with E-state index in [1.807, 2.05) is 50.3 Å². The van der Waals surface area contributed by atoms with Gasteiger partial charge in [-0.25, -0.2) is 0 Å². The molecule has 124 valence electrons. The summed E-state index contributed by atoms with van der Waals surface area (Å²) in [6.45, 7) is 3.79. The second kappa shape index (κ2) is 8.74. The third-order valence-electron chi connectivity index (χ3n) is 3.04. The number of para-hydroxylation sites is 2.